The van der Waals surface area contributed by atoms with Crippen LogP contribution in [0.15, 0.2) is 65.7 Å². The predicted octanol–water partition coefficient (Wildman–Crippen LogP) is 4.46. The van der Waals surface area contributed by atoms with E-state index in [1.54, 1.807) is 19.3 Å². The summed E-state index contributed by atoms with van der Waals surface area (Å²) in [5, 5.41) is 7.55. The third-order valence-electron chi connectivity index (χ3n) is 4.72. The number of carbonyl (C=O) groups excluding carboxylic acids is 2. The maximum absolute atomic E-state index is 12.9. The molecule has 6 heteroatoms. The lowest BCUT2D eigenvalue weighted by molar-refractivity contribution is -0.117. The molecule has 0 radical (unpaired) electrons. The van der Waals surface area contributed by atoms with Gasteiger partial charge in [-0.2, -0.15) is 0 Å². The highest BCUT2D eigenvalue weighted by atomic mass is 32.1. The quantitative estimate of drug-likeness (QED) is 0.555. The first-order valence-corrected chi connectivity index (χ1v) is 10.4. The van der Waals surface area contributed by atoms with Crippen molar-refractivity contribution >= 4 is 29.2 Å². The Morgan fingerprint density at radius 3 is 2.53 bits per heavy atom. The lowest BCUT2D eigenvalue weighted by Gasteiger charge is -2.13. The van der Waals surface area contributed by atoms with E-state index >= 15 is 0 Å². The van der Waals surface area contributed by atoms with Gasteiger partial charge in [-0.25, -0.2) is 0 Å². The lowest BCUT2D eigenvalue weighted by atomic mass is 10.1. The van der Waals surface area contributed by atoms with Gasteiger partial charge in [-0.05, 0) is 60.7 Å². The molecule has 0 fully saturated rings. The first-order chi connectivity index (χ1) is 14.5. The number of rotatable bonds is 7. The SMILES string of the molecule is COc1ccccc1CNC(=O)/C(=C/c1cccs1)NC(=O)c1ccc(C)c(C)c1. The summed E-state index contributed by atoms with van der Waals surface area (Å²) in [5.74, 6) is 0.000546. The van der Waals surface area contributed by atoms with Crippen molar-refractivity contribution in [3.63, 3.8) is 0 Å². The van der Waals surface area contributed by atoms with Crippen molar-refractivity contribution in [2.45, 2.75) is 20.4 Å². The van der Waals surface area contributed by atoms with E-state index in [2.05, 4.69) is 10.6 Å². The second kappa shape index (κ2) is 9.89. The summed E-state index contributed by atoms with van der Waals surface area (Å²) < 4.78 is 5.33. The van der Waals surface area contributed by atoms with Crippen LogP contribution in [0.3, 0.4) is 0 Å². The Morgan fingerprint density at radius 2 is 1.83 bits per heavy atom. The van der Waals surface area contributed by atoms with E-state index in [9.17, 15) is 9.59 Å². The van der Waals surface area contributed by atoms with Gasteiger partial charge in [0.1, 0.15) is 11.4 Å². The van der Waals surface area contributed by atoms with Crippen LogP contribution in [0, 0.1) is 13.8 Å². The van der Waals surface area contributed by atoms with Crippen LogP contribution in [-0.4, -0.2) is 18.9 Å². The molecule has 2 aromatic carbocycles. The Morgan fingerprint density at radius 1 is 1.03 bits per heavy atom. The predicted molar refractivity (Wildman–Crippen MR) is 121 cm³/mol. The van der Waals surface area contributed by atoms with Crippen LogP contribution in [0.1, 0.15) is 31.9 Å². The van der Waals surface area contributed by atoms with E-state index in [4.69, 9.17) is 4.74 Å². The zero-order chi connectivity index (χ0) is 21.5. The number of carbonyl (C=O) groups is 2. The summed E-state index contributed by atoms with van der Waals surface area (Å²) in [6, 6.07) is 16.7. The highest BCUT2D eigenvalue weighted by Gasteiger charge is 2.16. The Balaban J connectivity index is 1.79. The molecule has 30 heavy (non-hydrogen) atoms. The first-order valence-electron chi connectivity index (χ1n) is 9.52. The van der Waals surface area contributed by atoms with Crippen molar-refractivity contribution in [2.75, 3.05) is 7.11 Å². The van der Waals surface area contributed by atoms with Crippen molar-refractivity contribution in [2.24, 2.45) is 0 Å². The van der Waals surface area contributed by atoms with Crippen molar-refractivity contribution in [3.05, 3.63) is 92.8 Å². The van der Waals surface area contributed by atoms with Crippen molar-refractivity contribution in [1.29, 1.82) is 0 Å². The Kier molecular flexibility index (Phi) is 7.03. The lowest BCUT2D eigenvalue weighted by Crippen LogP contribution is -2.34. The third-order valence-corrected chi connectivity index (χ3v) is 5.54. The molecule has 154 valence electrons. The highest BCUT2D eigenvalue weighted by Crippen LogP contribution is 2.18. The summed E-state index contributed by atoms with van der Waals surface area (Å²) in [6.45, 7) is 4.23. The fourth-order valence-electron chi connectivity index (χ4n) is 2.87. The minimum Gasteiger partial charge on any atom is -0.496 e. The Bertz CT molecular complexity index is 1070. The van der Waals surface area contributed by atoms with Gasteiger partial charge in [-0.1, -0.05) is 30.3 Å². The number of aryl methyl sites for hydroxylation is 2. The number of ether oxygens (including phenoxy) is 1. The van der Waals surface area contributed by atoms with Gasteiger partial charge < -0.3 is 15.4 Å². The van der Waals surface area contributed by atoms with Crippen LogP contribution in [0.2, 0.25) is 0 Å². The van der Waals surface area contributed by atoms with Crippen molar-refractivity contribution in [1.82, 2.24) is 10.6 Å². The minimum atomic E-state index is -0.369. The second-order valence-electron chi connectivity index (χ2n) is 6.82. The molecule has 0 saturated carbocycles. The maximum Gasteiger partial charge on any atom is 0.268 e. The number of methoxy groups -OCH3 is 1. The van der Waals surface area contributed by atoms with Gasteiger partial charge in [0, 0.05) is 22.5 Å². The van der Waals surface area contributed by atoms with Gasteiger partial charge in [0.2, 0.25) is 0 Å². The zero-order valence-corrected chi connectivity index (χ0v) is 18.0. The van der Waals surface area contributed by atoms with Crippen LogP contribution in [-0.2, 0) is 11.3 Å². The molecule has 2 amide bonds. The molecule has 1 aromatic heterocycles. The molecule has 0 bridgehead atoms. The molecular formula is C24H24N2O3S. The fraction of sp³-hybridized carbons (Fsp3) is 0.167. The second-order valence-corrected chi connectivity index (χ2v) is 7.80. The van der Waals surface area contributed by atoms with Crippen LogP contribution in [0.25, 0.3) is 6.08 Å². The molecule has 5 nitrogen and oxygen atoms in total. The number of hydrogen-bond acceptors (Lipinski definition) is 4. The van der Waals surface area contributed by atoms with Crippen molar-refractivity contribution in [3.8, 4) is 5.75 Å². The summed E-state index contributed by atoms with van der Waals surface area (Å²) >= 11 is 1.49. The van der Waals surface area contributed by atoms with Crippen LogP contribution in [0.5, 0.6) is 5.75 Å². The molecule has 0 spiro atoms. The molecule has 0 aliphatic heterocycles. The average molecular weight is 421 g/mol. The average Bonchev–Trinajstić information content (AvgIpc) is 3.26. The van der Waals surface area contributed by atoms with E-state index in [1.807, 2.05) is 67.8 Å². The van der Waals surface area contributed by atoms with Gasteiger partial charge in [-0.3, -0.25) is 9.59 Å². The first kappa shape index (κ1) is 21.3. The molecule has 0 aliphatic rings. The van der Waals surface area contributed by atoms with Gasteiger partial charge in [0.15, 0.2) is 0 Å². The number of para-hydroxylation sites is 1. The fourth-order valence-corrected chi connectivity index (χ4v) is 3.53. The molecule has 1 heterocycles. The molecule has 0 saturated heterocycles. The van der Waals surface area contributed by atoms with Gasteiger partial charge in [0.05, 0.1) is 7.11 Å². The van der Waals surface area contributed by atoms with Crippen LogP contribution >= 0.6 is 11.3 Å². The molecule has 0 aliphatic carbocycles. The van der Waals surface area contributed by atoms with Crippen molar-refractivity contribution < 1.29 is 14.3 Å². The molecular weight excluding hydrogens is 396 g/mol. The van der Waals surface area contributed by atoms with E-state index in [0.29, 0.717) is 11.3 Å². The summed E-state index contributed by atoms with van der Waals surface area (Å²) in [4.78, 5) is 26.6. The number of hydrogen-bond donors (Lipinski definition) is 2. The summed E-state index contributed by atoms with van der Waals surface area (Å²) in [7, 11) is 1.59. The minimum absolute atomic E-state index is 0.190. The Labute approximate surface area is 180 Å². The topological polar surface area (TPSA) is 67.4 Å². The summed E-state index contributed by atoms with van der Waals surface area (Å²) in [6.07, 6.45) is 1.68. The van der Waals surface area contributed by atoms with Gasteiger partial charge >= 0.3 is 0 Å². The van der Waals surface area contributed by atoms with Gasteiger partial charge in [-0.15, -0.1) is 11.3 Å². The van der Waals surface area contributed by atoms with E-state index in [-0.39, 0.29) is 24.1 Å². The van der Waals surface area contributed by atoms with Gasteiger partial charge in [0.25, 0.3) is 11.8 Å². The Hall–Kier alpha value is -3.38. The molecule has 2 N–H and O–H groups in total. The molecule has 3 aromatic rings. The monoisotopic (exact) mass is 420 g/mol. The zero-order valence-electron chi connectivity index (χ0n) is 17.2. The van der Waals surface area contributed by atoms with E-state index in [0.717, 1.165) is 21.6 Å². The third kappa shape index (κ3) is 5.36. The smallest absolute Gasteiger partial charge is 0.268 e. The number of nitrogens with one attached hydrogen (secondary N) is 2. The standard InChI is InChI=1S/C24H24N2O3S/c1-16-10-11-18(13-17(16)2)23(27)26-21(14-20-8-6-12-30-20)24(28)25-15-19-7-4-5-9-22(19)29-3/h4-14H,15H2,1-3H3,(H,25,28)(H,26,27)/b21-14-. The van der Waals surface area contributed by atoms with Crippen LogP contribution < -0.4 is 15.4 Å². The normalized spacial score (nSPS) is 11.1. The number of thiophene rings is 1. The number of benzene rings is 2. The molecule has 3 rings (SSSR count). The molecule has 0 unspecified atom stereocenters. The van der Waals surface area contributed by atoms with E-state index < -0.39 is 0 Å². The maximum atomic E-state index is 12.9. The largest absolute Gasteiger partial charge is 0.496 e. The van der Waals surface area contributed by atoms with E-state index in [1.165, 1.54) is 11.3 Å². The summed E-state index contributed by atoms with van der Waals surface area (Å²) in [5.41, 5.74) is 3.68. The number of amides is 2. The highest BCUT2D eigenvalue weighted by molar-refractivity contribution is 7.10. The molecule has 0 atom stereocenters. The van der Waals surface area contributed by atoms with Crippen LogP contribution in [0.4, 0.5) is 0 Å².